The Morgan fingerprint density at radius 2 is 1.73 bits per heavy atom. The number of para-hydroxylation sites is 1. The van der Waals surface area contributed by atoms with Crippen molar-refractivity contribution in [1.82, 2.24) is 15.1 Å². The molecule has 2 aromatic carbocycles. The van der Waals surface area contributed by atoms with Gasteiger partial charge in [0, 0.05) is 52.0 Å². The number of rotatable bonds is 4. The zero-order valence-electron chi connectivity index (χ0n) is 17.8. The number of hydrogen-bond donors (Lipinski definition) is 2. The van der Waals surface area contributed by atoms with Crippen LogP contribution in [0.2, 0.25) is 5.02 Å². The summed E-state index contributed by atoms with van der Waals surface area (Å²) in [6.07, 6.45) is 1.95. The zero-order chi connectivity index (χ0) is 21.1. The van der Waals surface area contributed by atoms with Gasteiger partial charge in [-0.3, -0.25) is 4.90 Å². The van der Waals surface area contributed by atoms with Crippen LogP contribution in [0.5, 0.6) is 0 Å². The Morgan fingerprint density at radius 3 is 2.40 bits per heavy atom. The third-order valence-electron chi connectivity index (χ3n) is 5.45. The van der Waals surface area contributed by atoms with E-state index in [9.17, 15) is 0 Å². The highest BCUT2D eigenvalue weighted by molar-refractivity contribution is 6.33. The highest BCUT2D eigenvalue weighted by Crippen LogP contribution is 2.26. The second-order valence-electron chi connectivity index (χ2n) is 7.92. The summed E-state index contributed by atoms with van der Waals surface area (Å²) in [6, 6.07) is 16.5. The van der Waals surface area contributed by atoms with Crippen LogP contribution in [0.4, 0.5) is 11.4 Å². The number of nitrogens with one attached hydrogen (secondary N) is 2. The van der Waals surface area contributed by atoms with E-state index >= 15 is 0 Å². The second-order valence-corrected chi connectivity index (χ2v) is 8.33. The van der Waals surface area contributed by atoms with Gasteiger partial charge < -0.3 is 20.4 Å². The largest absolute Gasteiger partial charge is 0.368 e. The molecule has 0 aromatic heterocycles. The van der Waals surface area contributed by atoms with Crippen LogP contribution in [-0.2, 0) is 0 Å². The molecule has 0 bridgehead atoms. The molecule has 1 fully saturated rings. The maximum absolute atomic E-state index is 6.39. The Morgan fingerprint density at radius 1 is 1.03 bits per heavy atom. The normalized spacial score (nSPS) is 19.6. The van der Waals surface area contributed by atoms with Crippen LogP contribution in [0.25, 0.3) is 0 Å². The molecule has 0 spiro atoms. The summed E-state index contributed by atoms with van der Waals surface area (Å²) in [7, 11) is 4.05. The van der Waals surface area contributed by atoms with E-state index in [1.807, 2.05) is 37.2 Å². The summed E-state index contributed by atoms with van der Waals surface area (Å²) in [5, 5.41) is 7.85. The molecule has 0 amide bonds. The average molecular weight is 425 g/mol. The molecule has 0 saturated carbocycles. The molecule has 0 radical (unpaired) electrons. The number of aliphatic imine (C=N–C) groups is 1. The summed E-state index contributed by atoms with van der Waals surface area (Å²) >= 11 is 6.39. The van der Waals surface area contributed by atoms with E-state index in [4.69, 9.17) is 16.6 Å². The van der Waals surface area contributed by atoms with Crippen LogP contribution in [0.1, 0.15) is 5.56 Å². The van der Waals surface area contributed by atoms with Crippen LogP contribution >= 0.6 is 11.6 Å². The summed E-state index contributed by atoms with van der Waals surface area (Å²) in [5.41, 5.74) is 3.41. The molecule has 30 heavy (non-hydrogen) atoms. The first-order valence-electron chi connectivity index (χ1n) is 10.3. The van der Waals surface area contributed by atoms with Crippen molar-refractivity contribution in [1.29, 1.82) is 0 Å². The smallest absolute Gasteiger partial charge is 0.179 e. The molecule has 0 aliphatic carbocycles. The first kappa shape index (κ1) is 20.6. The Labute approximate surface area is 183 Å². The molecule has 7 heteroatoms. The molecule has 2 aliphatic rings. The molecule has 2 heterocycles. The number of nitrogens with zero attached hydrogens (tertiary/aromatic N) is 4. The van der Waals surface area contributed by atoms with E-state index in [2.05, 4.69) is 63.8 Å². The van der Waals surface area contributed by atoms with E-state index < -0.39 is 0 Å². The molecule has 2 aromatic rings. The van der Waals surface area contributed by atoms with Crippen molar-refractivity contribution in [3.8, 4) is 0 Å². The first-order valence-corrected chi connectivity index (χ1v) is 10.7. The molecule has 2 aliphatic heterocycles. The van der Waals surface area contributed by atoms with Crippen LogP contribution in [0.15, 0.2) is 65.4 Å². The van der Waals surface area contributed by atoms with Gasteiger partial charge in [0.2, 0.25) is 0 Å². The number of piperazine rings is 1. The van der Waals surface area contributed by atoms with Gasteiger partial charge in [0.25, 0.3) is 0 Å². The topological polar surface area (TPSA) is 46.1 Å². The van der Waals surface area contributed by atoms with Gasteiger partial charge in [-0.15, -0.1) is 0 Å². The Hall–Kier alpha value is -2.70. The van der Waals surface area contributed by atoms with Gasteiger partial charge in [0.15, 0.2) is 6.29 Å². The lowest BCUT2D eigenvalue weighted by molar-refractivity contribution is 0.168. The van der Waals surface area contributed by atoms with Gasteiger partial charge in [-0.05, 0) is 31.2 Å². The predicted octanol–water partition coefficient (Wildman–Crippen LogP) is 3.57. The van der Waals surface area contributed by atoms with E-state index in [-0.39, 0.29) is 6.29 Å². The lowest BCUT2D eigenvalue weighted by Crippen LogP contribution is -2.56. The number of halogens is 1. The fourth-order valence-electron chi connectivity index (χ4n) is 3.70. The summed E-state index contributed by atoms with van der Waals surface area (Å²) < 4.78 is 0. The fourth-order valence-corrected chi connectivity index (χ4v) is 3.96. The van der Waals surface area contributed by atoms with Gasteiger partial charge >= 0.3 is 0 Å². The number of anilines is 2. The van der Waals surface area contributed by atoms with E-state index in [1.165, 1.54) is 5.56 Å². The minimum absolute atomic E-state index is 0.103. The Balaban J connectivity index is 1.44. The van der Waals surface area contributed by atoms with Crippen LogP contribution in [0.3, 0.4) is 0 Å². The van der Waals surface area contributed by atoms with Crippen molar-refractivity contribution in [2.24, 2.45) is 4.99 Å². The van der Waals surface area contributed by atoms with Gasteiger partial charge in [0.1, 0.15) is 11.7 Å². The number of likely N-dealkylation sites (N-methyl/N-ethyl adjacent to an activating group) is 1. The third kappa shape index (κ3) is 4.71. The van der Waals surface area contributed by atoms with Crippen molar-refractivity contribution in [3.05, 3.63) is 71.0 Å². The third-order valence-corrected chi connectivity index (χ3v) is 5.77. The van der Waals surface area contributed by atoms with E-state index in [0.717, 1.165) is 54.2 Å². The van der Waals surface area contributed by atoms with E-state index in [0.29, 0.717) is 0 Å². The maximum Gasteiger partial charge on any atom is 0.179 e. The number of aryl methyl sites for hydroxylation is 1. The van der Waals surface area contributed by atoms with Crippen LogP contribution in [0, 0.1) is 6.92 Å². The van der Waals surface area contributed by atoms with Crippen LogP contribution in [-0.4, -0.2) is 62.2 Å². The summed E-state index contributed by atoms with van der Waals surface area (Å²) in [6.45, 7) is 5.74. The van der Waals surface area contributed by atoms with E-state index in [1.54, 1.807) is 0 Å². The SMILES string of the molecule is Cc1ccc(NC2=CC(N(C)C)=NC(N3CCN(c4ccccc4Cl)CC3)N2)cc1. The van der Waals surface area contributed by atoms with Crippen molar-refractivity contribution >= 4 is 28.8 Å². The van der Waals surface area contributed by atoms with Gasteiger partial charge in [-0.1, -0.05) is 41.4 Å². The molecule has 1 saturated heterocycles. The van der Waals surface area contributed by atoms with Crippen LogP contribution < -0.4 is 15.5 Å². The molecular weight excluding hydrogens is 396 g/mol. The lowest BCUT2D eigenvalue weighted by Gasteiger charge is -2.41. The minimum atomic E-state index is -0.103. The number of amidine groups is 1. The Kier molecular flexibility index (Phi) is 6.16. The maximum atomic E-state index is 6.39. The molecule has 158 valence electrons. The molecule has 1 unspecified atom stereocenters. The molecule has 4 rings (SSSR count). The van der Waals surface area contributed by atoms with Gasteiger partial charge in [-0.2, -0.15) is 0 Å². The number of hydrogen-bond acceptors (Lipinski definition) is 6. The predicted molar refractivity (Wildman–Crippen MR) is 126 cm³/mol. The zero-order valence-corrected chi connectivity index (χ0v) is 18.5. The van der Waals surface area contributed by atoms with Crippen molar-refractivity contribution in [2.75, 3.05) is 50.5 Å². The fraction of sp³-hybridized carbons (Fsp3) is 0.348. The standard InChI is InChI=1S/C23H29ClN6/c1-17-8-10-18(11-9-17)25-21-16-22(28(2)3)27-23(26-21)30-14-12-29(13-15-30)20-7-5-4-6-19(20)24/h4-11,16,23,25-26H,12-15H2,1-3H3. The van der Waals surface area contributed by atoms with Gasteiger partial charge in [-0.25, -0.2) is 4.99 Å². The summed E-state index contributed by atoms with van der Waals surface area (Å²) in [5.74, 6) is 1.90. The highest BCUT2D eigenvalue weighted by Gasteiger charge is 2.27. The summed E-state index contributed by atoms with van der Waals surface area (Å²) in [4.78, 5) is 11.7. The van der Waals surface area contributed by atoms with Crippen molar-refractivity contribution < 1.29 is 0 Å². The average Bonchev–Trinajstić information content (AvgIpc) is 2.76. The quantitative estimate of drug-likeness (QED) is 0.785. The minimum Gasteiger partial charge on any atom is -0.368 e. The van der Waals surface area contributed by atoms with Crippen molar-refractivity contribution in [2.45, 2.75) is 13.2 Å². The molecule has 2 N–H and O–H groups in total. The molecular formula is C23H29ClN6. The van der Waals surface area contributed by atoms with Crippen molar-refractivity contribution in [3.63, 3.8) is 0 Å². The first-order chi connectivity index (χ1) is 14.5. The highest BCUT2D eigenvalue weighted by atomic mass is 35.5. The monoisotopic (exact) mass is 424 g/mol. The number of benzene rings is 2. The van der Waals surface area contributed by atoms with Gasteiger partial charge in [0.05, 0.1) is 10.7 Å². The molecule has 6 nitrogen and oxygen atoms in total. The second kappa shape index (κ2) is 8.98. The molecule has 1 atom stereocenters. The Bertz CT molecular complexity index is 929. The lowest BCUT2D eigenvalue weighted by atomic mass is 10.2.